The Labute approximate surface area is 583 Å². The number of hydrogen-bond acceptors (Lipinski definition) is 8. The van der Waals surface area contributed by atoms with Crippen LogP contribution in [0, 0.1) is 0 Å². The second-order valence-corrected chi connectivity index (χ2v) is 29.1. The molecule has 9 nitrogen and oxygen atoms in total. The van der Waals surface area contributed by atoms with E-state index in [-0.39, 0.29) is 38.6 Å². The summed E-state index contributed by atoms with van der Waals surface area (Å²) in [7, 11) is -4.40. The Balaban J connectivity index is 3.76. The highest BCUT2D eigenvalue weighted by molar-refractivity contribution is 7.47. The number of carbonyl (C=O) groups excluding carboxylic acids is 2. The highest BCUT2D eigenvalue weighted by atomic mass is 31.2. The van der Waals surface area contributed by atoms with E-state index in [1.54, 1.807) is 0 Å². The normalized spacial score (nSPS) is 13.2. The number of ether oxygens (including phenoxy) is 2. The molecule has 550 valence electrons. The quantitative estimate of drug-likeness (QED) is 0.0264. The van der Waals surface area contributed by atoms with Crippen molar-refractivity contribution in [2.45, 2.75) is 424 Å². The summed E-state index contributed by atoms with van der Waals surface area (Å²) in [5, 5.41) is 0. The number of rotatable bonds is 78. The Hall–Kier alpha value is -2.55. The van der Waals surface area contributed by atoms with Gasteiger partial charge in [0.25, 0.3) is 0 Å². The van der Waals surface area contributed by atoms with Crippen LogP contribution in [0.5, 0.6) is 0 Å². The number of esters is 2. The Kier molecular flexibility index (Phi) is 77.3. The van der Waals surface area contributed by atoms with Gasteiger partial charge in [0.15, 0.2) is 6.10 Å². The fourth-order valence-electron chi connectivity index (χ4n) is 12.4. The predicted octanol–water partition coefficient (Wildman–Crippen LogP) is 27.5. The van der Waals surface area contributed by atoms with Gasteiger partial charge >= 0.3 is 19.8 Å². The van der Waals surface area contributed by atoms with Gasteiger partial charge < -0.3 is 20.1 Å². The fraction of sp³-hybridized carbons (Fsp3) is 0.833. The van der Waals surface area contributed by atoms with Gasteiger partial charge in [-0.3, -0.25) is 18.6 Å². The SMILES string of the molecule is CC/C=C\C/C=C\C/C=C\C/C=C\C/C=C\C/C=C\CCCCCCCCCCCCCCCCCCC(=O)OC(COC(=O)CCCCCCCCCCCCCCCCCCCCCCCCCCCCCCCCCCCCCCCC)COP(=O)(O)OCCN. The number of phosphoric acid groups is 1. The summed E-state index contributed by atoms with van der Waals surface area (Å²) in [6, 6.07) is 0. The molecule has 0 aromatic carbocycles. The number of nitrogens with two attached hydrogens (primary N) is 1. The first-order valence-electron chi connectivity index (χ1n) is 40.9. The molecule has 2 unspecified atom stereocenters. The molecular formula is C84H156NO8P. The van der Waals surface area contributed by atoms with Gasteiger partial charge in [0.1, 0.15) is 6.61 Å². The lowest BCUT2D eigenvalue weighted by molar-refractivity contribution is -0.161. The van der Waals surface area contributed by atoms with Gasteiger partial charge in [-0.15, -0.1) is 0 Å². The summed E-state index contributed by atoms with van der Waals surface area (Å²) < 4.78 is 33.3. The molecule has 0 radical (unpaired) electrons. The molecular weight excluding hydrogens is 1180 g/mol. The van der Waals surface area contributed by atoms with E-state index in [0.29, 0.717) is 6.42 Å². The molecule has 0 saturated carbocycles. The van der Waals surface area contributed by atoms with Crippen LogP contribution in [-0.4, -0.2) is 49.3 Å². The molecule has 0 heterocycles. The first kappa shape index (κ1) is 91.4. The van der Waals surface area contributed by atoms with Crippen LogP contribution in [0.3, 0.4) is 0 Å². The van der Waals surface area contributed by atoms with E-state index in [4.69, 9.17) is 24.3 Å². The molecule has 0 bridgehead atoms. The summed E-state index contributed by atoms with van der Waals surface area (Å²) in [4.78, 5) is 35.5. The van der Waals surface area contributed by atoms with Gasteiger partial charge in [0.2, 0.25) is 0 Å². The van der Waals surface area contributed by atoms with Crippen LogP contribution in [0.15, 0.2) is 72.9 Å². The zero-order valence-electron chi connectivity index (χ0n) is 62.2. The van der Waals surface area contributed by atoms with E-state index in [0.717, 1.165) is 77.0 Å². The van der Waals surface area contributed by atoms with Gasteiger partial charge in [-0.25, -0.2) is 4.57 Å². The summed E-state index contributed by atoms with van der Waals surface area (Å²) in [5.74, 6) is -0.807. The minimum atomic E-state index is -4.40. The van der Waals surface area contributed by atoms with Crippen LogP contribution in [0.1, 0.15) is 418 Å². The van der Waals surface area contributed by atoms with Gasteiger partial charge in [-0.05, 0) is 64.2 Å². The highest BCUT2D eigenvalue weighted by Gasteiger charge is 2.26. The fourth-order valence-corrected chi connectivity index (χ4v) is 13.1. The van der Waals surface area contributed by atoms with E-state index >= 15 is 0 Å². The van der Waals surface area contributed by atoms with Crippen LogP contribution in [0.25, 0.3) is 0 Å². The molecule has 10 heteroatoms. The molecule has 0 fully saturated rings. The number of unbranched alkanes of at least 4 members (excludes halogenated alkanes) is 53. The predicted molar refractivity (Wildman–Crippen MR) is 409 cm³/mol. The molecule has 0 rings (SSSR count). The van der Waals surface area contributed by atoms with Gasteiger partial charge in [-0.1, -0.05) is 414 Å². The minimum Gasteiger partial charge on any atom is -0.462 e. The Bertz CT molecular complexity index is 1780. The van der Waals surface area contributed by atoms with Crippen molar-refractivity contribution in [3.05, 3.63) is 72.9 Å². The monoisotopic (exact) mass is 1340 g/mol. The number of phosphoric ester groups is 1. The van der Waals surface area contributed by atoms with E-state index in [2.05, 4.69) is 86.8 Å². The van der Waals surface area contributed by atoms with E-state index in [9.17, 15) is 19.0 Å². The lowest BCUT2D eigenvalue weighted by Crippen LogP contribution is -2.29. The second kappa shape index (κ2) is 79.4. The van der Waals surface area contributed by atoms with Crippen molar-refractivity contribution in [2.75, 3.05) is 26.4 Å². The molecule has 0 saturated heterocycles. The first-order valence-corrected chi connectivity index (χ1v) is 42.4. The van der Waals surface area contributed by atoms with Gasteiger partial charge in [0, 0.05) is 19.4 Å². The zero-order valence-corrected chi connectivity index (χ0v) is 63.1. The smallest absolute Gasteiger partial charge is 0.462 e. The maximum absolute atomic E-state index is 12.8. The third-order valence-corrected chi connectivity index (χ3v) is 19.3. The Morgan fingerprint density at radius 1 is 0.330 bits per heavy atom. The molecule has 0 aliphatic heterocycles. The van der Waals surface area contributed by atoms with Gasteiger partial charge in [0.05, 0.1) is 13.2 Å². The van der Waals surface area contributed by atoms with Crippen molar-refractivity contribution in [3.63, 3.8) is 0 Å². The lowest BCUT2D eigenvalue weighted by Gasteiger charge is -2.19. The largest absolute Gasteiger partial charge is 0.472 e. The molecule has 0 spiro atoms. The van der Waals surface area contributed by atoms with Crippen LogP contribution in [0.2, 0.25) is 0 Å². The number of carbonyl (C=O) groups is 2. The topological polar surface area (TPSA) is 134 Å². The molecule has 0 aliphatic carbocycles. The third-order valence-electron chi connectivity index (χ3n) is 18.4. The second-order valence-electron chi connectivity index (χ2n) is 27.6. The Morgan fingerprint density at radius 2 is 0.585 bits per heavy atom. The Morgan fingerprint density at radius 3 is 0.872 bits per heavy atom. The molecule has 0 aromatic rings. The number of allylic oxidation sites excluding steroid dienone is 12. The van der Waals surface area contributed by atoms with Crippen LogP contribution < -0.4 is 5.73 Å². The van der Waals surface area contributed by atoms with Gasteiger partial charge in [-0.2, -0.15) is 0 Å². The first-order chi connectivity index (χ1) is 46.3. The van der Waals surface area contributed by atoms with Crippen molar-refractivity contribution >= 4 is 19.8 Å². The molecule has 94 heavy (non-hydrogen) atoms. The summed E-state index contributed by atoms with van der Waals surface area (Å²) in [6.45, 7) is 3.70. The summed E-state index contributed by atoms with van der Waals surface area (Å²) in [5.41, 5.74) is 5.42. The summed E-state index contributed by atoms with van der Waals surface area (Å²) in [6.07, 6.45) is 106. The number of hydrogen-bond donors (Lipinski definition) is 2. The minimum absolute atomic E-state index is 0.0541. The van der Waals surface area contributed by atoms with E-state index in [1.807, 2.05) is 0 Å². The molecule has 3 N–H and O–H groups in total. The summed E-state index contributed by atoms with van der Waals surface area (Å²) >= 11 is 0. The van der Waals surface area contributed by atoms with E-state index < -0.39 is 26.5 Å². The van der Waals surface area contributed by atoms with E-state index in [1.165, 1.54) is 308 Å². The van der Waals surface area contributed by atoms with Crippen LogP contribution in [-0.2, 0) is 32.7 Å². The molecule has 0 aliphatic rings. The highest BCUT2D eigenvalue weighted by Crippen LogP contribution is 2.43. The van der Waals surface area contributed by atoms with Crippen LogP contribution >= 0.6 is 7.82 Å². The van der Waals surface area contributed by atoms with Crippen molar-refractivity contribution in [1.29, 1.82) is 0 Å². The van der Waals surface area contributed by atoms with Crippen molar-refractivity contribution in [1.82, 2.24) is 0 Å². The molecule has 2 atom stereocenters. The lowest BCUT2D eigenvalue weighted by atomic mass is 10.0. The van der Waals surface area contributed by atoms with Crippen molar-refractivity contribution in [3.8, 4) is 0 Å². The maximum atomic E-state index is 12.8. The standard InChI is InChI=1S/C84H156NO8P/c1-3-5-7-9-11-13-15-17-19-21-23-25-27-29-31-33-35-37-39-40-41-43-44-46-48-50-52-54-56-58-60-62-64-66-68-70-72-74-76-83(86)90-80-82(81-92-94(88,89)91-79-78-85)93-84(87)77-75-73-71-69-67-65-63-61-59-57-55-53-51-49-47-45-42-38-36-34-32-30-28-26-24-22-20-18-16-14-12-10-8-6-4-2/h6,8,12,14,18,20,24,26,30,32,36,38,82H,3-5,7,9-11,13,15-17,19,21-23,25,27-29,31,33-35,37,39-81,85H2,1-2H3,(H,88,89)/b8-6-,14-12-,20-18-,26-24-,32-30-,38-36-. The zero-order chi connectivity index (χ0) is 67.9. The average Bonchev–Trinajstić information content (AvgIpc) is 3.26. The third kappa shape index (κ3) is 78.4. The average molecular weight is 1340 g/mol. The van der Waals surface area contributed by atoms with Crippen molar-refractivity contribution < 1.29 is 37.6 Å². The maximum Gasteiger partial charge on any atom is 0.472 e. The molecule has 0 aromatic heterocycles. The van der Waals surface area contributed by atoms with Crippen LogP contribution in [0.4, 0.5) is 0 Å². The van der Waals surface area contributed by atoms with Crippen molar-refractivity contribution in [2.24, 2.45) is 5.73 Å². The molecule has 0 amide bonds.